The van der Waals surface area contributed by atoms with Gasteiger partial charge >= 0.3 is 6.09 Å². The van der Waals surface area contributed by atoms with E-state index in [1.165, 1.54) is 12.4 Å². The number of carbonyl (C=O) groups excluding carboxylic acids is 1. The van der Waals surface area contributed by atoms with E-state index in [9.17, 15) is 4.79 Å². The molecule has 20 heavy (non-hydrogen) atoms. The first-order valence-electron chi connectivity index (χ1n) is 6.46. The van der Waals surface area contributed by atoms with Gasteiger partial charge in [-0.25, -0.2) is 14.8 Å². The van der Waals surface area contributed by atoms with Gasteiger partial charge in [0, 0.05) is 31.3 Å². The normalized spacial score (nSPS) is 21.8. The molecule has 0 radical (unpaired) electrons. The lowest BCUT2D eigenvalue weighted by molar-refractivity contribution is 0.0354. The Morgan fingerprint density at radius 1 is 1.35 bits per heavy atom. The lowest BCUT2D eigenvalue weighted by Gasteiger charge is -2.35. The molecule has 0 spiro atoms. The number of rotatable bonds is 3. The van der Waals surface area contributed by atoms with E-state index in [0.717, 1.165) is 0 Å². The van der Waals surface area contributed by atoms with Gasteiger partial charge in [-0.2, -0.15) is 0 Å². The monoisotopic (exact) mass is 299 g/mol. The van der Waals surface area contributed by atoms with Crippen LogP contribution >= 0.6 is 11.6 Å². The third kappa shape index (κ3) is 4.23. The van der Waals surface area contributed by atoms with Crippen molar-refractivity contribution >= 4 is 17.7 Å². The van der Waals surface area contributed by atoms with E-state index in [4.69, 9.17) is 21.1 Å². The molecular formula is C13H18ClN3O3. The summed E-state index contributed by atoms with van der Waals surface area (Å²) in [5, 5.41) is 3.04. The van der Waals surface area contributed by atoms with E-state index < -0.39 is 11.7 Å². The van der Waals surface area contributed by atoms with Gasteiger partial charge in [-0.05, 0) is 20.8 Å². The van der Waals surface area contributed by atoms with Crippen LogP contribution in [-0.4, -0.2) is 33.8 Å². The molecule has 6 nitrogen and oxygen atoms in total. The van der Waals surface area contributed by atoms with E-state index >= 15 is 0 Å². The first-order chi connectivity index (χ1) is 9.33. The summed E-state index contributed by atoms with van der Waals surface area (Å²) in [4.78, 5) is 19.5. The SMILES string of the molecule is CC(C)(C)OC(=O)N[C@H]1C[C@@H](Oc2nccnc2Cl)C1. The van der Waals surface area contributed by atoms with Crippen LogP contribution in [0.5, 0.6) is 5.88 Å². The van der Waals surface area contributed by atoms with Gasteiger partial charge in [0.25, 0.3) is 5.88 Å². The third-order valence-electron chi connectivity index (χ3n) is 2.72. The molecule has 0 bridgehead atoms. The number of amides is 1. The van der Waals surface area contributed by atoms with Crippen LogP contribution in [0, 0.1) is 0 Å². The van der Waals surface area contributed by atoms with Gasteiger partial charge in [0.2, 0.25) is 0 Å². The van der Waals surface area contributed by atoms with Crippen LogP contribution in [0.25, 0.3) is 0 Å². The molecular weight excluding hydrogens is 282 g/mol. The second-order valence-corrected chi connectivity index (χ2v) is 6.06. The molecule has 1 aromatic heterocycles. The van der Waals surface area contributed by atoms with Crippen molar-refractivity contribution in [1.82, 2.24) is 15.3 Å². The van der Waals surface area contributed by atoms with Crippen molar-refractivity contribution < 1.29 is 14.3 Å². The van der Waals surface area contributed by atoms with E-state index in [1.54, 1.807) is 0 Å². The number of nitrogens with zero attached hydrogens (tertiary/aromatic N) is 2. The summed E-state index contributed by atoms with van der Waals surface area (Å²) in [6, 6.07) is 0.0605. The highest BCUT2D eigenvalue weighted by molar-refractivity contribution is 6.30. The second-order valence-electron chi connectivity index (χ2n) is 5.71. The Kier molecular flexibility index (Phi) is 4.32. The van der Waals surface area contributed by atoms with Gasteiger partial charge < -0.3 is 14.8 Å². The van der Waals surface area contributed by atoms with Crippen LogP contribution < -0.4 is 10.1 Å². The van der Waals surface area contributed by atoms with Crippen molar-refractivity contribution in [3.8, 4) is 5.88 Å². The van der Waals surface area contributed by atoms with Crippen molar-refractivity contribution in [2.45, 2.75) is 51.4 Å². The Labute approximate surface area is 122 Å². The summed E-state index contributed by atoms with van der Waals surface area (Å²) in [5.41, 5.74) is -0.489. The number of halogens is 1. The predicted octanol–water partition coefficient (Wildman–Crippen LogP) is 2.56. The Balaban J connectivity index is 1.73. The van der Waals surface area contributed by atoms with Gasteiger partial charge in [0.1, 0.15) is 11.7 Å². The zero-order valence-corrected chi connectivity index (χ0v) is 12.5. The Hall–Kier alpha value is -1.56. The summed E-state index contributed by atoms with van der Waals surface area (Å²) in [6.45, 7) is 5.49. The number of nitrogens with one attached hydrogen (secondary N) is 1. The fourth-order valence-corrected chi connectivity index (χ4v) is 1.95. The highest BCUT2D eigenvalue weighted by Gasteiger charge is 2.33. The first-order valence-corrected chi connectivity index (χ1v) is 6.84. The van der Waals surface area contributed by atoms with Crippen LogP contribution in [0.4, 0.5) is 4.79 Å². The molecule has 1 aromatic rings. The minimum atomic E-state index is -0.489. The first kappa shape index (κ1) is 14.8. The average Bonchev–Trinajstić information content (AvgIpc) is 2.26. The van der Waals surface area contributed by atoms with Crippen molar-refractivity contribution in [2.24, 2.45) is 0 Å². The van der Waals surface area contributed by atoms with E-state index in [0.29, 0.717) is 18.7 Å². The maximum Gasteiger partial charge on any atom is 0.407 e. The van der Waals surface area contributed by atoms with Crippen molar-refractivity contribution in [2.75, 3.05) is 0 Å². The minimum Gasteiger partial charge on any atom is -0.472 e. The molecule has 110 valence electrons. The van der Waals surface area contributed by atoms with Crippen molar-refractivity contribution in [1.29, 1.82) is 0 Å². The number of carbonyl (C=O) groups is 1. The highest BCUT2D eigenvalue weighted by Crippen LogP contribution is 2.28. The number of alkyl carbamates (subject to hydrolysis) is 1. The van der Waals surface area contributed by atoms with E-state index in [1.807, 2.05) is 20.8 Å². The summed E-state index contributed by atoms with van der Waals surface area (Å²) in [6.07, 6.45) is 4.01. The third-order valence-corrected chi connectivity index (χ3v) is 2.98. The van der Waals surface area contributed by atoms with Crippen LogP contribution in [0.3, 0.4) is 0 Å². The highest BCUT2D eigenvalue weighted by atomic mass is 35.5. The summed E-state index contributed by atoms with van der Waals surface area (Å²) in [5.74, 6) is 0.329. The Bertz CT molecular complexity index is 484. The topological polar surface area (TPSA) is 73.3 Å². The number of hydrogen-bond acceptors (Lipinski definition) is 5. The van der Waals surface area contributed by atoms with E-state index in [2.05, 4.69) is 15.3 Å². The fraction of sp³-hybridized carbons (Fsp3) is 0.615. The summed E-state index contributed by atoms with van der Waals surface area (Å²) >= 11 is 5.85. The van der Waals surface area contributed by atoms with Gasteiger partial charge in [-0.1, -0.05) is 11.6 Å². The van der Waals surface area contributed by atoms with E-state index in [-0.39, 0.29) is 17.3 Å². The van der Waals surface area contributed by atoms with Crippen molar-refractivity contribution in [3.63, 3.8) is 0 Å². The molecule has 0 saturated heterocycles. The van der Waals surface area contributed by atoms with Gasteiger partial charge in [0.05, 0.1) is 0 Å². The molecule has 1 N–H and O–H groups in total. The maximum absolute atomic E-state index is 11.6. The lowest BCUT2D eigenvalue weighted by Crippen LogP contribution is -2.50. The fourth-order valence-electron chi connectivity index (χ4n) is 1.80. The molecule has 2 rings (SSSR count). The number of hydrogen-bond donors (Lipinski definition) is 1. The standard InChI is InChI=1S/C13H18ClN3O3/c1-13(2,3)20-12(18)17-8-6-9(7-8)19-11-10(14)15-4-5-16-11/h4-5,8-9H,6-7H2,1-3H3,(H,17,18)/t8-,9+. The molecule has 7 heteroatoms. The van der Waals surface area contributed by atoms with Crippen LogP contribution in [0.1, 0.15) is 33.6 Å². The maximum atomic E-state index is 11.6. The quantitative estimate of drug-likeness (QED) is 0.928. The average molecular weight is 300 g/mol. The molecule has 1 amide bonds. The Morgan fingerprint density at radius 3 is 2.60 bits per heavy atom. The molecule has 1 fully saturated rings. The second kappa shape index (κ2) is 5.83. The molecule has 1 aliphatic rings. The molecule has 1 heterocycles. The molecule has 0 atom stereocenters. The molecule has 1 saturated carbocycles. The minimum absolute atomic E-state index is 0.0101. The van der Waals surface area contributed by atoms with Gasteiger partial charge in [0.15, 0.2) is 5.15 Å². The van der Waals surface area contributed by atoms with Crippen LogP contribution in [0.15, 0.2) is 12.4 Å². The molecule has 0 aliphatic heterocycles. The zero-order chi connectivity index (χ0) is 14.8. The number of ether oxygens (including phenoxy) is 2. The lowest BCUT2D eigenvalue weighted by atomic mass is 9.89. The molecule has 1 aliphatic carbocycles. The smallest absolute Gasteiger partial charge is 0.407 e. The number of aromatic nitrogens is 2. The molecule has 0 aromatic carbocycles. The van der Waals surface area contributed by atoms with Gasteiger partial charge in [-0.15, -0.1) is 0 Å². The Morgan fingerprint density at radius 2 is 2.00 bits per heavy atom. The predicted molar refractivity (Wildman–Crippen MR) is 73.8 cm³/mol. The summed E-state index contributed by atoms with van der Waals surface area (Å²) < 4.78 is 10.8. The van der Waals surface area contributed by atoms with Crippen LogP contribution in [0.2, 0.25) is 5.15 Å². The van der Waals surface area contributed by atoms with Crippen LogP contribution in [-0.2, 0) is 4.74 Å². The van der Waals surface area contributed by atoms with Gasteiger partial charge in [-0.3, -0.25) is 0 Å². The van der Waals surface area contributed by atoms with Crippen molar-refractivity contribution in [3.05, 3.63) is 17.5 Å². The zero-order valence-electron chi connectivity index (χ0n) is 11.7. The molecule has 0 unspecified atom stereocenters. The largest absolute Gasteiger partial charge is 0.472 e. The summed E-state index contributed by atoms with van der Waals surface area (Å²) in [7, 11) is 0.